The summed E-state index contributed by atoms with van der Waals surface area (Å²) in [7, 11) is 0. The lowest BCUT2D eigenvalue weighted by molar-refractivity contribution is -0.124. The monoisotopic (exact) mass is 506 g/mol. The van der Waals surface area contributed by atoms with Crippen molar-refractivity contribution in [3.05, 3.63) is 0 Å². The van der Waals surface area contributed by atoms with Crippen molar-refractivity contribution < 1.29 is 29.0 Å². The number of hydrogen-bond acceptors (Lipinski definition) is 7. The van der Waals surface area contributed by atoms with E-state index in [0.717, 1.165) is 25.7 Å². The number of likely N-dealkylation sites (tertiary alicyclic amines) is 1. The molecule has 3 N–H and O–H groups in total. The molecule has 2 heterocycles. The third-order valence-electron chi connectivity index (χ3n) is 7.13. The third kappa shape index (κ3) is 7.71. The quantitative estimate of drug-likeness (QED) is 0.364. The molecule has 12 heteroatoms. The highest BCUT2D eigenvalue weighted by Crippen LogP contribution is 2.29. The largest absolute Gasteiger partial charge is 0.465 e. The Hall–Kier alpha value is -3.07. The molecular formula is C24H38N6O6. The highest BCUT2D eigenvalue weighted by molar-refractivity contribution is 5.96. The maximum Gasteiger partial charge on any atom is 0.413 e. The van der Waals surface area contributed by atoms with E-state index in [-0.39, 0.29) is 44.4 Å². The number of ether oxygens (including phenoxy) is 2. The van der Waals surface area contributed by atoms with E-state index in [4.69, 9.17) is 14.5 Å². The number of morpholine rings is 1. The minimum atomic E-state index is -1.16. The van der Waals surface area contributed by atoms with Gasteiger partial charge in [-0.05, 0) is 19.3 Å². The molecule has 1 unspecified atom stereocenters. The number of piperidine rings is 1. The zero-order valence-corrected chi connectivity index (χ0v) is 21.0. The summed E-state index contributed by atoms with van der Waals surface area (Å²) in [5.74, 6) is 0.195. The fraction of sp³-hybridized carbons (Fsp3) is 0.792. The number of carbonyl (C=O) groups is 3. The van der Waals surface area contributed by atoms with Gasteiger partial charge in [-0.25, -0.2) is 14.6 Å². The van der Waals surface area contributed by atoms with E-state index in [2.05, 4.69) is 16.7 Å². The summed E-state index contributed by atoms with van der Waals surface area (Å²) >= 11 is 0. The molecule has 2 aliphatic heterocycles. The van der Waals surface area contributed by atoms with Crippen molar-refractivity contribution in [3.63, 3.8) is 0 Å². The van der Waals surface area contributed by atoms with Gasteiger partial charge in [-0.1, -0.05) is 32.1 Å². The normalized spacial score (nSPS) is 21.7. The number of rotatable bonds is 6. The Bertz CT molecular complexity index is 839. The van der Waals surface area contributed by atoms with E-state index in [1.165, 1.54) is 11.3 Å². The molecule has 1 atom stereocenters. The number of hydrogen-bond donors (Lipinski definition) is 3. The second-order valence-electron chi connectivity index (χ2n) is 9.61. The Kier molecular flexibility index (Phi) is 10.2. The van der Waals surface area contributed by atoms with Gasteiger partial charge in [0.1, 0.15) is 11.6 Å². The van der Waals surface area contributed by atoms with Gasteiger partial charge in [-0.2, -0.15) is 5.26 Å². The first kappa shape index (κ1) is 27.5. The standard InChI is InChI=1S/C24H38N6O6/c1-2-36-22(32)27-21(29-12-14-35-15-13-29)26-19(16-18-6-4-3-5-7-18)20(31)28-24(17-25)8-10-30(11-9-24)23(33)34/h18-19H,2-16H2,1H3,(H,28,31)(H,33,34)(H,26,27,32). The summed E-state index contributed by atoms with van der Waals surface area (Å²) in [4.78, 5) is 45.0. The molecule has 1 saturated carbocycles. The number of amides is 3. The zero-order valence-electron chi connectivity index (χ0n) is 21.0. The average Bonchev–Trinajstić information content (AvgIpc) is 2.89. The van der Waals surface area contributed by atoms with E-state index >= 15 is 0 Å². The van der Waals surface area contributed by atoms with Crippen molar-refractivity contribution in [1.82, 2.24) is 20.4 Å². The minimum Gasteiger partial charge on any atom is -0.465 e. The summed E-state index contributed by atoms with van der Waals surface area (Å²) in [6.45, 7) is 4.22. The summed E-state index contributed by atoms with van der Waals surface area (Å²) in [6, 6.07) is 1.41. The number of nitrogens with one attached hydrogen (secondary N) is 2. The number of nitriles is 1. The van der Waals surface area contributed by atoms with Crippen LogP contribution in [0.5, 0.6) is 0 Å². The highest BCUT2D eigenvalue weighted by atomic mass is 16.5. The number of nitrogens with zero attached hydrogens (tertiary/aromatic N) is 4. The lowest BCUT2D eigenvalue weighted by Crippen LogP contribution is -2.57. The van der Waals surface area contributed by atoms with Crippen LogP contribution in [0, 0.1) is 17.2 Å². The Morgan fingerprint density at radius 1 is 1.14 bits per heavy atom. The Morgan fingerprint density at radius 3 is 2.39 bits per heavy atom. The molecule has 3 amide bonds. The van der Waals surface area contributed by atoms with Crippen LogP contribution in [0.2, 0.25) is 0 Å². The average molecular weight is 507 g/mol. The SMILES string of the molecule is CCOC(=O)NC(=NC(CC1CCCCC1)C(=O)NC1(C#N)CCN(C(=O)O)CC1)N1CCOCC1. The van der Waals surface area contributed by atoms with Gasteiger partial charge in [0.05, 0.1) is 25.9 Å². The number of aliphatic imine (C=N–C) groups is 1. The molecule has 0 aromatic heterocycles. The van der Waals surface area contributed by atoms with Crippen LogP contribution in [0.1, 0.15) is 58.3 Å². The van der Waals surface area contributed by atoms with E-state index in [9.17, 15) is 24.8 Å². The maximum absolute atomic E-state index is 13.6. The molecular weight excluding hydrogens is 468 g/mol. The molecule has 36 heavy (non-hydrogen) atoms. The second kappa shape index (κ2) is 13.3. The van der Waals surface area contributed by atoms with E-state index in [1.54, 1.807) is 6.92 Å². The van der Waals surface area contributed by atoms with Crippen LogP contribution in [-0.2, 0) is 14.3 Å². The number of carbonyl (C=O) groups excluding carboxylic acids is 2. The fourth-order valence-electron chi connectivity index (χ4n) is 4.99. The Morgan fingerprint density at radius 2 is 1.81 bits per heavy atom. The molecule has 200 valence electrons. The first-order valence-corrected chi connectivity index (χ1v) is 12.9. The topological polar surface area (TPSA) is 157 Å². The van der Waals surface area contributed by atoms with Crippen molar-refractivity contribution in [2.75, 3.05) is 46.0 Å². The first-order chi connectivity index (χ1) is 17.4. The van der Waals surface area contributed by atoms with Gasteiger partial charge in [-0.15, -0.1) is 0 Å². The minimum absolute atomic E-state index is 0.170. The molecule has 0 aromatic rings. The Balaban J connectivity index is 1.83. The van der Waals surface area contributed by atoms with Gasteiger partial charge in [0.15, 0.2) is 0 Å². The van der Waals surface area contributed by atoms with Crippen LogP contribution in [0.15, 0.2) is 4.99 Å². The van der Waals surface area contributed by atoms with Crippen LogP contribution >= 0.6 is 0 Å². The molecule has 12 nitrogen and oxygen atoms in total. The summed E-state index contributed by atoms with van der Waals surface area (Å²) in [6.07, 6.45) is 4.65. The lowest BCUT2D eigenvalue weighted by atomic mass is 9.84. The van der Waals surface area contributed by atoms with Crippen molar-refractivity contribution >= 4 is 24.1 Å². The molecule has 3 aliphatic rings. The van der Waals surface area contributed by atoms with Crippen molar-refractivity contribution in [3.8, 4) is 6.07 Å². The smallest absolute Gasteiger partial charge is 0.413 e. The van der Waals surface area contributed by atoms with Gasteiger partial charge in [0.2, 0.25) is 11.9 Å². The molecule has 3 fully saturated rings. The van der Waals surface area contributed by atoms with Gasteiger partial charge in [0, 0.05) is 39.0 Å². The predicted molar refractivity (Wildman–Crippen MR) is 130 cm³/mol. The van der Waals surface area contributed by atoms with Gasteiger partial charge < -0.3 is 29.7 Å². The molecule has 0 bridgehead atoms. The van der Waals surface area contributed by atoms with Gasteiger partial charge >= 0.3 is 12.2 Å². The van der Waals surface area contributed by atoms with Crippen LogP contribution < -0.4 is 10.6 Å². The summed E-state index contributed by atoms with van der Waals surface area (Å²) < 4.78 is 10.5. The van der Waals surface area contributed by atoms with Crippen molar-refractivity contribution in [2.45, 2.75) is 69.9 Å². The zero-order chi connectivity index (χ0) is 26.0. The second-order valence-corrected chi connectivity index (χ2v) is 9.61. The van der Waals surface area contributed by atoms with Crippen LogP contribution in [-0.4, -0.2) is 96.5 Å². The molecule has 1 aliphatic carbocycles. The van der Waals surface area contributed by atoms with Crippen molar-refractivity contribution in [2.24, 2.45) is 10.9 Å². The predicted octanol–water partition coefficient (Wildman–Crippen LogP) is 1.91. The Labute approximate surface area is 212 Å². The number of carboxylic acid groups (broad SMARTS) is 1. The van der Waals surface area contributed by atoms with E-state index in [1.807, 2.05) is 4.90 Å². The summed E-state index contributed by atoms with van der Waals surface area (Å²) in [5.41, 5.74) is -1.16. The van der Waals surface area contributed by atoms with E-state index in [0.29, 0.717) is 38.6 Å². The van der Waals surface area contributed by atoms with Crippen LogP contribution in [0.4, 0.5) is 9.59 Å². The molecule has 0 spiro atoms. The third-order valence-corrected chi connectivity index (χ3v) is 7.13. The van der Waals surface area contributed by atoms with Crippen LogP contribution in [0.25, 0.3) is 0 Å². The molecule has 3 rings (SSSR count). The number of alkyl carbamates (subject to hydrolysis) is 1. The summed E-state index contributed by atoms with van der Waals surface area (Å²) in [5, 5.41) is 24.8. The lowest BCUT2D eigenvalue weighted by Gasteiger charge is -2.37. The van der Waals surface area contributed by atoms with Gasteiger partial charge in [-0.3, -0.25) is 10.1 Å². The highest BCUT2D eigenvalue weighted by Gasteiger charge is 2.39. The number of guanidine groups is 1. The molecule has 2 saturated heterocycles. The van der Waals surface area contributed by atoms with Gasteiger partial charge in [0.25, 0.3) is 0 Å². The first-order valence-electron chi connectivity index (χ1n) is 12.9. The van der Waals surface area contributed by atoms with E-state index < -0.39 is 23.8 Å². The van der Waals surface area contributed by atoms with Crippen LogP contribution in [0.3, 0.4) is 0 Å². The molecule has 0 aromatic carbocycles. The maximum atomic E-state index is 13.6. The molecule has 0 radical (unpaired) electrons. The fourth-order valence-corrected chi connectivity index (χ4v) is 4.99. The van der Waals surface area contributed by atoms with Crippen molar-refractivity contribution in [1.29, 1.82) is 5.26 Å².